The Balaban J connectivity index is 1.34. The molecule has 172 valence electrons. The lowest BCUT2D eigenvalue weighted by Crippen LogP contribution is -2.54. The Bertz CT molecular complexity index is 1040. The van der Waals surface area contributed by atoms with Crippen LogP contribution in [0, 0.1) is 0 Å². The maximum Gasteiger partial charge on any atom is 0.586 e. The largest absolute Gasteiger partial charge is 0.586 e. The van der Waals surface area contributed by atoms with Crippen LogP contribution in [-0.2, 0) is 6.42 Å². The number of hydrogen-bond donors (Lipinski definition) is 0. The zero-order valence-corrected chi connectivity index (χ0v) is 18.7. The van der Waals surface area contributed by atoms with E-state index in [1.165, 1.54) is 17.2 Å². The number of hydrogen-bond acceptors (Lipinski definition) is 4. The fourth-order valence-corrected chi connectivity index (χ4v) is 4.98. The van der Waals surface area contributed by atoms with Gasteiger partial charge in [0, 0.05) is 38.1 Å². The number of ether oxygens (including phenoxy) is 2. The molecule has 5 rings (SSSR count). The molecule has 0 N–H and O–H groups in total. The van der Waals surface area contributed by atoms with E-state index in [1.54, 1.807) is 6.07 Å². The lowest BCUT2D eigenvalue weighted by atomic mass is 9.83. The second-order valence-electron chi connectivity index (χ2n) is 8.81. The molecule has 3 aromatic rings. The molecule has 2 heterocycles. The summed E-state index contributed by atoms with van der Waals surface area (Å²) in [4.78, 5) is 4.87. The van der Waals surface area contributed by atoms with E-state index in [9.17, 15) is 8.78 Å². The highest BCUT2D eigenvalue weighted by Gasteiger charge is 2.44. The zero-order valence-electron chi connectivity index (χ0n) is 18.7. The Morgan fingerprint density at radius 3 is 2.21 bits per heavy atom. The van der Waals surface area contributed by atoms with Gasteiger partial charge in [-0.2, -0.15) is 0 Å². The average Bonchev–Trinajstić information content (AvgIpc) is 3.15. The molecule has 0 aromatic heterocycles. The Morgan fingerprint density at radius 2 is 1.55 bits per heavy atom. The van der Waals surface area contributed by atoms with Gasteiger partial charge in [-0.15, -0.1) is 8.78 Å². The van der Waals surface area contributed by atoms with E-state index in [2.05, 4.69) is 82.2 Å². The van der Waals surface area contributed by atoms with Gasteiger partial charge in [0.05, 0.1) is 0 Å². The molecule has 0 aliphatic carbocycles. The molecule has 0 spiro atoms. The van der Waals surface area contributed by atoms with E-state index in [4.69, 9.17) is 4.74 Å². The molecule has 2 aliphatic rings. The second kappa shape index (κ2) is 9.12. The average molecular weight is 451 g/mol. The third kappa shape index (κ3) is 4.72. The lowest BCUT2D eigenvalue weighted by Gasteiger charge is -2.43. The molecule has 33 heavy (non-hydrogen) atoms. The summed E-state index contributed by atoms with van der Waals surface area (Å²) < 4.78 is 36.5. The van der Waals surface area contributed by atoms with Gasteiger partial charge in [-0.25, -0.2) is 0 Å². The van der Waals surface area contributed by atoms with Crippen molar-refractivity contribution < 1.29 is 18.3 Å². The molecule has 0 radical (unpaired) electrons. The molecular weight excluding hydrogens is 422 g/mol. The van der Waals surface area contributed by atoms with Crippen molar-refractivity contribution in [2.75, 3.05) is 33.2 Å². The third-order valence-corrected chi connectivity index (χ3v) is 6.69. The van der Waals surface area contributed by atoms with E-state index < -0.39 is 6.29 Å². The normalized spacial score (nSPS) is 20.3. The summed E-state index contributed by atoms with van der Waals surface area (Å²) in [6.45, 7) is 3.55. The first-order valence-electron chi connectivity index (χ1n) is 11.4. The highest BCUT2D eigenvalue weighted by Crippen LogP contribution is 2.43. The number of benzene rings is 3. The first-order chi connectivity index (χ1) is 16.0. The summed E-state index contributed by atoms with van der Waals surface area (Å²) in [5, 5.41) is 0. The lowest BCUT2D eigenvalue weighted by molar-refractivity contribution is -0.286. The summed E-state index contributed by atoms with van der Waals surface area (Å²) in [5.41, 5.74) is 3.36. The van der Waals surface area contributed by atoms with Gasteiger partial charge in [0.2, 0.25) is 0 Å². The minimum absolute atomic E-state index is 0.113. The van der Waals surface area contributed by atoms with E-state index >= 15 is 0 Å². The predicted molar refractivity (Wildman–Crippen MR) is 124 cm³/mol. The Kier molecular flexibility index (Phi) is 6.04. The SMILES string of the molecule is CN1CCN(CCc2cccc3c2OC(F)(F)O3)CC1C(c1ccccc1)c1ccccc1. The number of piperazine rings is 1. The van der Waals surface area contributed by atoms with Crippen molar-refractivity contribution in [2.24, 2.45) is 0 Å². The van der Waals surface area contributed by atoms with Gasteiger partial charge in [0.1, 0.15) is 0 Å². The maximum atomic E-state index is 13.6. The van der Waals surface area contributed by atoms with Crippen molar-refractivity contribution >= 4 is 0 Å². The van der Waals surface area contributed by atoms with Crippen molar-refractivity contribution in [3.8, 4) is 11.5 Å². The number of halogens is 2. The Labute approximate surface area is 193 Å². The van der Waals surface area contributed by atoms with Crippen LogP contribution in [0.25, 0.3) is 0 Å². The van der Waals surface area contributed by atoms with Crippen LogP contribution in [0.4, 0.5) is 8.78 Å². The van der Waals surface area contributed by atoms with Gasteiger partial charge in [-0.05, 0) is 36.2 Å². The molecule has 2 aliphatic heterocycles. The second-order valence-corrected chi connectivity index (χ2v) is 8.81. The molecule has 3 aromatic carbocycles. The van der Waals surface area contributed by atoms with Crippen LogP contribution in [0.2, 0.25) is 0 Å². The number of alkyl halides is 2. The molecule has 1 saturated heterocycles. The topological polar surface area (TPSA) is 24.9 Å². The fourth-order valence-electron chi connectivity index (χ4n) is 4.98. The maximum absolute atomic E-state index is 13.6. The first-order valence-corrected chi connectivity index (χ1v) is 11.4. The molecule has 1 unspecified atom stereocenters. The monoisotopic (exact) mass is 450 g/mol. The summed E-state index contributed by atoms with van der Waals surface area (Å²) in [6, 6.07) is 26.7. The van der Waals surface area contributed by atoms with Crippen molar-refractivity contribution in [2.45, 2.75) is 24.7 Å². The molecule has 0 amide bonds. The third-order valence-electron chi connectivity index (χ3n) is 6.69. The number of para-hydroxylation sites is 1. The van der Waals surface area contributed by atoms with E-state index in [0.29, 0.717) is 12.5 Å². The van der Waals surface area contributed by atoms with Crippen LogP contribution in [0.1, 0.15) is 22.6 Å². The van der Waals surface area contributed by atoms with Crippen molar-refractivity contribution in [3.63, 3.8) is 0 Å². The molecule has 6 heteroatoms. The van der Waals surface area contributed by atoms with Crippen LogP contribution < -0.4 is 9.47 Å². The molecule has 1 atom stereocenters. The van der Waals surface area contributed by atoms with Gasteiger partial charge in [0.15, 0.2) is 11.5 Å². The highest BCUT2D eigenvalue weighted by atomic mass is 19.3. The van der Waals surface area contributed by atoms with Crippen LogP contribution in [-0.4, -0.2) is 55.4 Å². The van der Waals surface area contributed by atoms with Crippen LogP contribution >= 0.6 is 0 Å². The van der Waals surface area contributed by atoms with Crippen molar-refractivity contribution in [1.82, 2.24) is 9.80 Å². The van der Waals surface area contributed by atoms with Gasteiger partial charge >= 0.3 is 6.29 Å². The minimum atomic E-state index is -3.59. The van der Waals surface area contributed by atoms with Gasteiger partial charge in [-0.1, -0.05) is 72.8 Å². The Hall–Kier alpha value is -2.96. The summed E-state index contributed by atoms with van der Waals surface area (Å²) in [6.07, 6.45) is -2.96. The van der Waals surface area contributed by atoms with E-state index in [0.717, 1.165) is 31.7 Å². The zero-order chi connectivity index (χ0) is 22.8. The number of fused-ring (bicyclic) bond motifs is 1. The van der Waals surface area contributed by atoms with Crippen LogP contribution in [0.15, 0.2) is 78.9 Å². The predicted octanol–water partition coefficient (Wildman–Crippen LogP) is 5.00. The molecular formula is C27H28F2N2O2. The summed E-state index contributed by atoms with van der Waals surface area (Å²) >= 11 is 0. The number of likely N-dealkylation sites (N-methyl/N-ethyl adjacent to an activating group) is 1. The number of rotatable bonds is 6. The smallest absolute Gasteiger partial charge is 0.395 e. The molecule has 0 saturated carbocycles. The minimum Gasteiger partial charge on any atom is -0.395 e. The number of nitrogens with zero attached hydrogens (tertiary/aromatic N) is 2. The molecule has 4 nitrogen and oxygen atoms in total. The molecule has 1 fully saturated rings. The van der Waals surface area contributed by atoms with Crippen molar-refractivity contribution in [1.29, 1.82) is 0 Å². The summed E-state index contributed by atoms with van der Waals surface area (Å²) in [5.74, 6) is 0.526. The van der Waals surface area contributed by atoms with Gasteiger partial charge in [-0.3, -0.25) is 4.90 Å². The fraction of sp³-hybridized carbons (Fsp3) is 0.333. The Morgan fingerprint density at radius 1 is 0.879 bits per heavy atom. The van der Waals surface area contributed by atoms with Crippen molar-refractivity contribution in [3.05, 3.63) is 95.6 Å². The van der Waals surface area contributed by atoms with Gasteiger partial charge in [0.25, 0.3) is 0 Å². The highest BCUT2D eigenvalue weighted by molar-refractivity contribution is 5.49. The van der Waals surface area contributed by atoms with Gasteiger partial charge < -0.3 is 14.4 Å². The quantitative estimate of drug-likeness (QED) is 0.528. The molecule has 0 bridgehead atoms. The van der Waals surface area contributed by atoms with Crippen LogP contribution in [0.3, 0.4) is 0 Å². The van der Waals surface area contributed by atoms with Crippen LogP contribution in [0.5, 0.6) is 11.5 Å². The first kappa shape index (κ1) is 21.9. The van der Waals surface area contributed by atoms with E-state index in [1.807, 2.05) is 6.07 Å². The standard InChI is InChI=1S/C27H28F2N2O2/c1-30-17-18-31(16-15-22-13-8-14-24-26(22)33-27(28,29)32-24)19-23(30)25(20-9-4-2-5-10-20)21-11-6-3-7-12-21/h2-14,23,25H,15-19H2,1H3. The van der Waals surface area contributed by atoms with E-state index in [-0.39, 0.29) is 17.4 Å². The summed E-state index contributed by atoms with van der Waals surface area (Å²) in [7, 11) is 2.19.